The lowest BCUT2D eigenvalue weighted by Crippen LogP contribution is -2.50. The van der Waals surface area contributed by atoms with Gasteiger partial charge in [0.15, 0.2) is 0 Å². The topological polar surface area (TPSA) is 35.6 Å². The SMILES string of the molecule is Cc1ccc(CC(=O)N2CCN(CC3CCNCC3)CC2)cc1. The van der Waals surface area contributed by atoms with E-state index < -0.39 is 0 Å². The Hall–Kier alpha value is -1.39. The molecule has 1 aromatic carbocycles. The van der Waals surface area contributed by atoms with E-state index in [0.29, 0.717) is 6.42 Å². The molecular formula is C19H29N3O. The lowest BCUT2D eigenvalue weighted by atomic mass is 9.97. The lowest BCUT2D eigenvalue weighted by Gasteiger charge is -2.37. The summed E-state index contributed by atoms with van der Waals surface area (Å²) < 4.78 is 0. The molecule has 2 aliphatic heterocycles. The first kappa shape index (κ1) is 16.5. The zero-order valence-electron chi connectivity index (χ0n) is 14.3. The number of hydrogen-bond acceptors (Lipinski definition) is 3. The minimum absolute atomic E-state index is 0.273. The molecule has 2 fully saturated rings. The van der Waals surface area contributed by atoms with Gasteiger partial charge < -0.3 is 10.2 Å². The summed E-state index contributed by atoms with van der Waals surface area (Å²) in [6.45, 7) is 9.45. The van der Waals surface area contributed by atoms with Crippen molar-refractivity contribution in [2.24, 2.45) is 5.92 Å². The van der Waals surface area contributed by atoms with Crippen molar-refractivity contribution in [2.45, 2.75) is 26.2 Å². The van der Waals surface area contributed by atoms with Gasteiger partial charge in [-0.1, -0.05) is 29.8 Å². The summed E-state index contributed by atoms with van der Waals surface area (Å²) in [6, 6.07) is 8.31. The van der Waals surface area contributed by atoms with Crippen LogP contribution in [0.4, 0.5) is 0 Å². The molecule has 0 bridgehead atoms. The van der Waals surface area contributed by atoms with E-state index in [4.69, 9.17) is 0 Å². The molecule has 4 heteroatoms. The largest absolute Gasteiger partial charge is 0.340 e. The third-order valence-electron chi connectivity index (χ3n) is 5.18. The van der Waals surface area contributed by atoms with Gasteiger partial charge >= 0.3 is 0 Å². The molecule has 1 N–H and O–H groups in total. The number of hydrogen-bond donors (Lipinski definition) is 1. The molecule has 2 saturated heterocycles. The van der Waals surface area contributed by atoms with E-state index in [1.54, 1.807) is 0 Å². The van der Waals surface area contributed by atoms with Gasteiger partial charge in [-0.05, 0) is 44.3 Å². The Labute approximate surface area is 139 Å². The van der Waals surface area contributed by atoms with Gasteiger partial charge in [-0.3, -0.25) is 9.69 Å². The van der Waals surface area contributed by atoms with Crippen LogP contribution in [0.5, 0.6) is 0 Å². The molecule has 0 saturated carbocycles. The van der Waals surface area contributed by atoms with E-state index in [9.17, 15) is 4.79 Å². The third-order valence-corrected chi connectivity index (χ3v) is 5.18. The number of nitrogens with zero attached hydrogens (tertiary/aromatic N) is 2. The number of piperidine rings is 1. The predicted molar refractivity (Wildman–Crippen MR) is 93.5 cm³/mol. The molecule has 0 aromatic heterocycles. The highest BCUT2D eigenvalue weighted by molar-refractivity contribution is 5.78. The van der Waals surface area contributed by atoms with Gasteiger partial charge in [0.2, 0.25) is 5.91 Å². The van der Waals surface area contributed by atoms with Gasteiger partial charge in [-0.25, -0.2) is 0 Å². The number of amides is 1. The van der Waals surface area contributed by atoms with E-state index in [-0.39, 0.29) is 5.91 Å². The summed E-state index contributed by atoms with van der Waals surface area (Å²) in [7, 11) is 0. The fraction of sp³-hybridized carbons (Fsp3) is 0.632. The standard InChI is InChI=1S/C19H29N3O/c1-16-2-4-17(5-3-16)14-19(23)22-12-10-21(11-13-22)15-18-6-8-20-9-7-18/h2-5,18,20H,6-15H2,1H3. The van der Waals surface area contributed by atoms with Gasteiger partial charge in [-0.15, -0.1) is 0 Å². The second kappa shape index (κ2) is 7.93. The molecule has 2 heterocycles. The molecule has 1 aromatic rings. The number of aryl methyl sites for hydroxylation is 1. The van der Waals surface area contributed by atoms with Crippen molar-refractivity contribution < 1.29 is 4.79 Å². The molecule has 1 amide bonds. The van der Waals surface area contributed by atoms with Gasteiger partial charge in [0.05, 0.1) is 6.42 Å². The molecule has 0 spiro atoms. The second-order valence-corrected chi connectivity index (χ2v) is 7.04. The number of piperazine rings is 1. The monoisotopic (exact) mass is 315 g/mol. The van der Waals surface area contributed by atoms with E-state index in [0.717, 1.165) is 37.7 Å². The highest BCUT2D eigenvalue weighted by Crippen LogP contribution is 2.15. The van der Waals surface area contributed by atoms with E-state index >= 15 is 0 Å². The molecular weight excluding hydrogens is 286 g/mol. The summed E-state index contributed by atoms with van der Waals surface area (Å²) >= 11 is 0. The van der Waals surface area contributed by atoms with Crippen molar-refractivity contribution in [3.8, 4) is 0 Å². The Morgan fingerprint density at radius 3 is 2.39 bits per heavy atom. The summed E-state index contributed by atoms with van der Waals surface area (Å²) in [5, 5.41) is 3.43. The maximum atomic E-state index is 12.4. The second-order valence-electron chi connectivity index (χ2n) is 7.04. The van der Waals surface area contributed by atoms with Crippen molar-refractivity contribution in [3.63, 3.8) is 0 Å². The Bertz CT molecular complexity index is 500. The zero-order valence-corrected chi connectivity index (χ0v) is 14.3. The molecule has 126 valence electrons. The Morgan fingerprint density at radius 1 is 1.09 bits per heavy atom. The molecule has 23 heavy (non-hydrogen) atoms. The summed E-state index contributed by atoms with van der Waals surface area (Å²) in [6.07, 6.45) is 3.13. The molecule has 0 aliphatic carbocycles. The number of carbonyl (C=O) groups is 1. The fourth-order valence-electron chi connectivity index (χ4n) is 3.60. The summed E-state index contributed by atoms with van der Waals surface area (Å²) in [5.74, 6) is 1.11. The zero-order chi connectivity index (χ0) is 16.1. The van der Waals surface area contributed by atoms with Crippen molar-refractivity contribution in [1.82, 2.24) is 15.1 Å². The number of nitrogens with one attached hydrogen (secondary N) is 1. The van der Waals surface area contributed by atoms with E-state index in [1.807, 2.05) is 4.90 Å². The highest BCUT2D eigenvalue weighted by Gasteiger charge is 2.23. The summed E-state index contributed by atoms with van der Waals surface area (Å²) in [4.78, 5) is 17.0. The van der Waals surface area contributed by atoms with Crippen LogP contribution in [0, 0.1) is 12.8 Å². The molecule has 0 radical (unpaired) electrons. The number of benzene rings is 1. The maximum absolute atomic E-state index is 12.4. The van der Waals surface area contributed by atoms with Gasteiger partial charge in [-0.2, -0.15) is 0 Å². The average molecular weight is 315 g/mol. The van der Waals surface area contributed by atoms with Crippen LogP contribution < -0.4 is 5.32 Å². The van der Waals surface area contributed by atoms with Crippen LogP contribution in [0.1, 0.15) is 24.0 Å². The highest BCUT2D eigenvalue weighted by atomic mass is 16.2. The quantitative estimate of drug-likeness (QED) is 0.918. The van der Waals surface area contributed by atoms with Gasteiger partial charge in [0.25, 0.3) is 0 Å². The predicted octanol–water partition coefficient (Wildman–Crippen LogP) is 1.68. The molecule has 4 nitrogen and oxygen atoms in total. The van der Waals surface area contributed by atoms with Crippen LogP contribution >= 0.6 is 0 Å². The van der Waals surface area contributed by atoms with Crippen LogP contribution in [-0.2, 0) is 11.2 Å². The first-order valence-electron chi connectivity index (χ1n) is 8.97. The van der Waals surface area contributed by atoms with Crippen LogP contribution in [0.25, 0.3) is 0 Å². The average Bonchev–Trinajstić information content (AvgIpc) is 2.58. The minimum atomic E-state index is 0.273. The number of carbonyl (C=O) groups excluding carboxylic acids is 1. The minimum Gasteiger partial charge on any atom is -0.340 e. The third kappa shape index (κ3) is 4.79. The first-order chi connectivity index (χ1) is 11.2. The van der Waals surface area contributed by atoms with Crippen molar-refractivity contribution >= 4 is 5.91 Å². The van der Waals surface area contributed by atoms with Crippen LogP contribution in [0.15, 0.2) is 24.3 Å². The Morgan fingerprint density at radius 2 is 1.74 bits per heavy atom. The molecule has 2 aliphatic rings. The van der Waals surface area contributed by atoms with E-state index in [2.05, 4.69) is 41.4 Å². The molecule has 3 rings (SSSR count). The van der Waals surface area contributed by atoms with Crippen LogP contribution in [0.2, 0.25) is 0 Å². The van der Waals surface area contributed by atoms with Gasteiger partial charge in [0.1, 0.15) is 0 Å². The molecule has 0 atom stereocenters. The summed E-state index contributed by atoms with van der Waals surface area (Å²) in [5.41, 5.74) is 2.37. The van der Waals surface area contributed by atoms with Crippen molar-refractivity contribution in [1.29, 1.82) is 0 Å². The molecule has 0 unspecified atom stereocenters. The van der Waals surface area contributed by atoms with Crippen molar-refractivity contribution in [2.75, 3.05) is 45.8 Å². The lowest BCUT2D eigenvalue weighted by molar-refractivity contribution is -0.132. The number of rotatable bonds is 4. The van der Waals surface area contributed by atoms with Crippen LogP contribution in [-0.4, -0.2) is 61.5 Å². The Balaban J connectivity index is 1.42. The van der Waals surface area contributed by atoms with Gasteiger partial charge in [0, 0.05) is 32.7 Å². The normalized spacial score (nSPS) is 20.7. The Kier molecular flexibility index (Phi) is 5.68. The fourth-order valence-corrected chi connectivity index (χ4v) is 3.60. The van der Waals surface area contributed by atoms with Crippen LogP contribution in [0.3, 0.4) is 0 Å². The van der Waals surface area contributed by atoms with Crippen molar-refractivity contribution in [3.05, 3.63) is 35.4 Å². The smallest absolute Gasteiger partial charge is 0.227 e. The van der Waals surface area contributed by atoms with E-state index in [1.165, 1.54) is 38.0 Å². The first-order valence-corrected chi connectivity index (χ1v) is 8.97. The maximum Gasteiger partial charge on any atom is 0.227 e.